The molecule has 1 unspecified atom stereocenters. The molecule has 1 saturated heterocycles. The molecule has 0 bridgehead atoms. The van der Waals surface area contributed by atoms with Crippen LogP contribution in [0.15, 0.2) is 30.3 Å². The minimum absolute atomic E-state index is 0.268. The van der Waals surface area contributed by atoms with Crippen LogP contribution in [0.25, 0.3) is 0 Å². The van der Waals surface area contributed by atoms with Crippen molar-refractivity contribution in [3.63, 3.8) is 0 Å². The number of aliphatic hydroxyl groups is 1. The fourth-order valence-corrected chi connectivity index (χ4v) is 2.13. The van der Waals surface area contributed by atoms with Gasteiger partial charge in [-0.25, -0.2) is 4.79 Å². The Morgan fingerprint density at radius 3 is 2.38 bits per heavy atom. The number of alkyl halides is 3. The molecule has 1 atom stereocenters. The second kappa shape index (κ2) is 5.03. The number of rotatable bonds is 2. The quantitative estimate of drug-likeness (QED) is 0.905. The molecular weight excluding hydrogens is 289 g/mol. The minimum Gasteiger partial charge on any atom is -0.362 e. The van der Waals surface area contributed by atoms with E-state index in [0.717, 1.165) is 6.92 Å². The van der Waals surface area contributed by atoms with Crippen LogP contribution in [-0.2, 0) is 11.3 Å². The molecule has 1 fully saturated rings. The van der Waals surface area contributed by atoms with Crippen LogP contribution >= 0.6 is 0 Å². The van der Waals surface area contributed by atoms with Crippen molar-refractivity contribution in [3.8, 4) is 0 Å². The van der Waals surface area contributed by atoms with Gasteiger partial charge < -0.3 is 5.11 Å². The smallest absolute Gasteiger partial charge is 0.362 e. The summed E-state index contributed by atoms with van der Waals surface area (Å²) in [5.74, 6) is -0.849. The Morgan fingerprint density at radius 1 is 1.33 bits per heavy atom. The monoisotopic (exact) mass is 302 g/mol. The van der Waals surface area contributed by atoms with Crippen molar-refractivity contribution in [3.05, 3.63) is 35.9 Å². The molecule has 5 nitrogen and oxygen atoms in total. The molecule has 114 valence electrons. The highest BCUT2D eigenvalue weighted by atomic mass is 19.4. The van der Waals surface area contributed by atoms with Gasteiger partial charge in [-0.3, -0.25) is 14.6 Å². The number of carbonyl (C=O) groups excluding carboxylic acids is 2. The molecule has 0 saturated carbocycles. The largest absolute Gasteiger partial charge is 0.438 e. The lowest BCUT2D eigenvalue weighted by atomic mass is 10.1. The van der Waals surface area contributed by atoms with Crippen LogP contribution in [0.5, 0.6) is 0 Å². The second-order valence-electron chi connectivity index (χ2n) is 4.77. The van der Waals surface area contributed by atoms with Gasteiger partial charge in [0, 0.05) is 6.92 Å². The van der Waals surface area contributed by atoms with Crippen LogP contribution < -0.4 is 0 Å². The number of hydrogen-bond acceptors (Lipinski definition) is 3. The molecule has 1 aliphatic rings. The Morgan fingerprint density at radius 2 is 1.90 bits per heavy atom. The molecule has 1 heterocycles. The molecular formula is C13H13F3N2O3. The van der Waals surface area contributed by atoms with E-state index in [2.05, 4.69) is 0 Å². The third kappa shape index (κ3) is 2.58. The van der Waals surface area contributed by atoms with Gasteiger partial charge >= 0.3 is 12.2 Å². The van der Waals surface area contributed by atoms with Crippen molar-refractivity contribution in [2.45, 2.75) is 25.4 Å². The Kier molecular flexibility index (Phi) is 3.66. The molecule has 8 heteroatoms. The average molecular weight is 302 g/mol. The van der Waals surface area contributed by atoms with Crippen molar-refractivity contribution < 1.29 is 27.9 Å². The molecule has 0 aliphatic carbocycles. The Hall–Kier alpha value is -2.09. The summed E-state index contributed by atoms with van der Waals surface area (Å²) in [5.41, 5.74) is -2.97. The van der Waals surface area contributed by atoms with E-state index in [1.54, 1.807) is 18.2 Å². The van der Waals surface area contributed by atoms with Crippen molar-refractivity contribution in [1.82, 2.24) is 9.80 Å². The fraction of sp³-hybridized carbons (Fsp3) is 0.385. The normalized spacial score (nSPS) is 22.8. The first-order valence-electron chi connectivity index (χ1n) is 6.09. The zero-order valence-electron chi connectivity index (χ0n) is 11.1. The third-order valence-corrected chi connectivity index (χ3v) is 3.30. The van der Waals surface area contributed by atoms with Crippen LogP contribution in [0.4, 0.5) is 18.0 Å². The van der Waals surface area contributed by atoms with Crippen molar-refractivity contribution >= 4 is 11.9 Å². The summed E-state index contributed by atoms with van der Waals surface area (Å²) in [6, 6.07) is 6.77. The number of nitrogens with zero attached hydrogens (tertiary/aromatic N) is 2. The van der Waals surface area contributed by atoms with E-state index in [1.807, 2.05) is 0 Å². The topological polar surface area (TPSA) is 60.9 Å². The van der Waals surface area contributed by atoms with Gasteiger partial charge in [-0.15, -0.1) is 0 Å². The summed E-state index contributed by atoms with van der Waals surface area (Å²) in [5, 5.41) is 9.92. The number of hydrogen-bond donors (Lipinski definition) is 1. The van der Waals surface area contributed by atoms with Gasteiger partial charge in [0.2, 0.25) is 5.91 Å². The van der Waals surface area contributed by atoms with Crippen LogP contribution in [0.2, 0.25) is 0 Å². The molecule has 1 aromatic carbocycles. The number of β-amino-alcohol motifs (C(OH)–C–C–N with tert-alkyl or cyclic N) is 1. The standard InChI is InChI=1S/C13H13F3N2O3/c1-9(19)17-8-12(21,13(14,15)16)18(11(17)20)7-10-5-3-2-4-6-10/h2-6,21H,7-8H2,1H3. The summed E-state index contributed by atoms with van der Waals surface area (Å²) < 4.78 is 39.4. The second-order valence-corrected chi connectivity index (χ2v) is 4.77. The maximum atomic E-state index is 13.1. The first-order valence-corrected chi connectivity index (χ1v) is 6.09. The van der Waals surface area contributed by atoms with Gasteiger partial charge in [-0.1, -0.05) is 30.3 Å². The molecule has 3 amide bonds. The van der Waals surface area contributed by atoms with E-state index >= 15 is 0 Å². The Labute approximate surface area is 118 Å². The van der Waals surface area contributed by atoms with Gasteiger partial charge in [0.25, 0.3) is 5.72 Å². The predicted molar refractivity (Wildman–Crippen MR) is 65.8 cm³/mol. The highest BCUT2D eigenvalue weighted by Gasteiger charge is 2.65. The van der Waals surface area contributed by atoms with E-state index in [9.17, 15) is 27.9 Å². The molecule has 0 aromatic heterocycles. The van der Waals surface area contributed by atoms with E-state index in [4.69, 9.17) is 0 Å². The minimum atomic E-state index is -5.07. The van der Waals surface area contributed by atoms with Gasteiger partial charge in [-0.05, 0) is 5.56 Å². The molecule has 1 N–H and O–H groups in total. The third-order valence-electron chi connectivity index (χ3n) is 3.30. The van der Waals surface area contributed by atoms with Crippen LogP contribution in [0.1, 0.15) is 12.5 Å². The predicted octanol–water partition coefficient (Wildman–Crippen LogP) is 1.72. The van der Waals surface area contributed by atoms with Gasteiger partial charge in [0.1, 0.15) is 0 Å². The van der Waals surface area contributed by atoms with Gasteiger partial charge in [-0.2, -0.15) is 13.2 Å². The summed E-state index contributed by atoms with van der Waals surface area (Å²) in [7, 11) is 0. The first kappa shape index (κ1) is 15.3. The Bertz CT molecular complexity index is 562. The lowest BCUT2D eigenvalue weighted by Crippen LogP contribution is -2.57. The SMILES string of the molecule is CC(=O)N1CC(O)(C(F)(F)F)N(Cc2ccccc2)C1=O. The summed E-state index contributed by atoms with van der Waals surface area (Å²) >= 11 is 0. The molecule has 1 aliphatic heterocycles. The highest BCUT2D eigenvalue weighted by Crippen LogP contribution is 2.39. The highest BCUT2D eigenvalue weighted by molar-refractivity contribution is 5.95. The molecule has 0 radical (unpaired) electrons. The maximum Gasteiger partial charge on any atom is 0.438 e. The number of imide groups is 1. The number of amides is 3. The summed E-state index contributed by atoms with van der Waals surface area (Å²) in [6.07, 6.45) is -5.07. The van der Waals surface area contributed by atoms with Crippen molar-refractivity contribution in [2.24, 2.45) is 0 Å². The fourth-order valence-electron chi connectivity index (χ4n) is 2.13. The van der Waals surface area contributed by atoms with Crippen LogP contribution in [0, 0.1) is 0 Å². The van der Waals surface area contributed by atoms with Crippen molar-refractivity contribution in [1.29, 1.82) is 0 Å². The number of halogens is 3. The van der Waals surface area contributed by atoms with E-state index in [0.29, 0.717) is 10.5 Å². The molecule has 0 spiro atoms. The Balaban J connectivity index is 2.38. The summed E-state index contributed by atoms with van der Waals surface area (Å²) in [4.78, 5) is 23.9. The average Bonchev–Trinajstić information content (AvgIpc) is 2.65. The number of urea groups is 1. The molecule has 21 heavy (non-hydrogen) atoms. The van der Waals surface area contributed by atoms with E-state index < -0.39 is 36.9 Å². The van der Waals surface area contributed by atoms with Gasteiger partial charge in [0.05, 0.1) is 13.1 Å². The van der Waals surface area contributed by atoms with E-state index in [-0.39, 0.29) is 4.90 Å². The lowest BCUT2D eigenvalue weighted by molar-refractivity contribution is -0.296. The van der Waals surface area contributed by atoms with Crippen molar-refractivity contribution in [2.75, 3.05) is 6.54 Å². The number of benzene rings is 1. The zero-order valence-corrected chi connectivity index (χ0v) is 11.1. The molecule has 2 rings (SSSR count). The van der Waals surface area contributed by atoms with Crippen LogP contribution in [-0.4, -0.2) is 45.3 Å². The number of carbonyl (C=O) groups is 2. The lowest BCUT2D eigenvalue weighted by Gasteiger charge is -2.33. The van der Waals surface area contributed by atoms with Gasteiger partial charge in [0.15, 0.2) is 0 Å². The molecule has 1 aromatic rings. The summed E-state index contributed by atoms with van der Waals surface area (Å²) in [6.45, 7) is -0.600. The maximum absolute atomic E-state index is 13.1. The first-order chi connectivity index (χ1) is 9.67. The zero-order chi connectivity index (χ0) is 15.8. The van der Waals surface area contributed by atoms with Crippen LogP contribution in [0.3, 0.4) is 0 Å². The van der Waals surface area contributed by atoms with E-state index in [1.165, 1.54) is 12.1 Å².